The highest BCUT2D eigenvalue weighted by molar-refractivity contribution is 5.74. The summed E-state index contributed by atoms with van der Waals surface area (Å²) in [7, 11) is 0. The molecule has 1 N–H and O–H groups in total. The maximum atomic E-state index is 12.8. The number of ether oxygens (including phenoxy) is 2. The van der Waals surface area contributed by atoms with Gasteiger partial charge < -0.3 is 19.7 Å². The van der Waals surface area contributed by atoms with Crippen LogP contribution < -0.4 is 10.1 Å². The van der Waals surface area contributed by atoms with Crippen molar-refractivity contribution >= 4 is 6.03 Å². The molecule has 122 valence electrons. The molecule has 2 rings (SSSR count). The number of rotatable bonds is 4. The van der Waals surface area contributed by atoms with Crippen molar-refractivity contribution in [3.05, 3.63) is 30.1 Å². The third kappa shape index (κ3) is 4.87. The molecule has 22 heavy (non-hydrogen) atoms. The second-order valence-corrected chi connectivity index (χ2v) is 5.56. The van der Waals surface area contributed by atoms with Crippen molar-refractivity contribution in [2.75, 3.05) is 26.4 Å². The normalized spacial score (nSPS) is 20.1. The third-order valence-corrected chi connectivity index (χ3v) is 3.63. The maximum absolute atomic E-state index is 12.8. The zero-order valence-electron chi connectivity index (χ0n) is 13.0. The predicted octanol–water partition coefficient (Wildman–Crippen LogP) is 2.41. The Balaban J connectivity index is 1.79. The van der Waals surface area contributed by atoms with Gasteiger partial charge in [-0.1, -0.05) is 0 Å². The molecular formula is C16H23FN2O3. The average Bonchev–Trinajstić information content (AvgIpc) is 2.71. The van der Waals surface area contributed by atoms with Crippen LogP contribution >= 0.6 is 0 Å². The number of hydrogen-bond donors (Lipinski definition) is 1. The van der Waals surface area contributed by atoms with Crippen molar-refractivity contribution < 1.29 is 18.7 Å². The van der Waals surface area contributed by atoms with Gasteiger partial charge in [-0.25, -0.2) is 9.18 Å². The number of carbonyl (C=O) groups excluding carboxylic acids is 1. The van der Waals surface area contributed by atoms with E-state index in [9.17, 15) is 9.18 Å². The van der Waals surface area contributed by atoms with Gasteiger partial charge >= 0.3 is 6.03 Å². The molecule has 1 aliphatic rings. The van der Waals surface area contributed by atoms with Gasteiger partial charge in [0.15, 0.2) is 0 Å². The Morgan fingerprint density at radius 3 is 2.91 bits per heavy atom. The highest BCUT2D eigenvalue weighted by Gasteiger charge is 2.23. The largest absolute Gasteiger partial charge is 0.491 e. The first-order chi connectivity index (χ1) is 10.6. The van der Waals surface area contributed by atoms with Gasteiger partial charge in [0.2, 0.25) is 0 Å². The molecule has 1 saturated heterocycles. The number of benzene rings is 1. The molecule has 0 radical (unpaired) electrons. The number of carbonyl (C=O) groups is 1. The molecule has 1 aromatic rings. The molecule has 2 atom stereocenters. The van der Waals surface area contributed by atoms with E-state index in [-0.39, 0.29) is 23.9 Å². The van der Waals surface area contributed by atoms with Gasteiger partial charge in [0.1, 0.15) is 18.2 Å². The fourth-order valence-corrected chi connectivity index (χ4v) is 2.28. The van der Waals surface area contributed by atoms with E-state index >= 15 is 0 Å². The number of nitrogens with one attached hydrogen (secondary N) is 1. The Labute approximate surface area is 130 Å². The fraction of sp³-hybridized carbons (Fsp3) is 0.562. The van der Waals surface area contributed by atoms with Crippen LogP contribution in [-0.4, -0.2) is 49.4 Å². The Morgan fingerprint density at radius 1 is 1.45 bits per heavy atom. The van der Waals surface area contributed by atoms with Crippen LogP contribution in [-0.2, 0) is 4.74 Å². The van der Waals surface area contributed by atoms with Crippen LogP contribution in [0.1, 0.15) is 20.3 Å². The van der Waals surface area contributed by atoms with E-state index in [0.29, 0.717) is 32.1 Å². The van der Waals surface area contributed by atoms with E-state index < -0.39 is 0 Å². The summed E-state index contributed by atoms with van der Waals surface area (Å²) in [4.78, 5) is 14.1. The molecule has 0 aliphatic carbocycles. The van der Waals surface area contributed by atoms with Gasteiger partial charge in [-0.2, -0.15) is 0 Å². The first kappa shape index (κ1) is 16.5. The van der Waals surface area contributed by atoms with Crippen LogP contribution in [0.4, 0.5) is 9.18 Å². The summed E-state index contributed by atoms with van der Waals surface area (Å²) >= 11 is 0. The molecule has 0 aromatic heterocycles. The Morgan fingerprint density at radius 2 is 2.18 bits per heavy atom. The average molecular weight is 310 g/mol. The third-order valence-electron chi connectivity index (χ3n) is 3.63. The molecule has 1 fully saturated rings. The zero-order valence-corrected chi connectivity index (χ0v) is 13.0. The van der Waals surface area contributed by atoms with E-state index in [1.54, 1.807) is 17.0 Å². The van der Waals surface area contributed by atoms with Crippen LogP contribution in [0, 0.1) is 5.82 Å². The van der Waals surface area contributed by atoms with E-state index in [4.69, 9.17) is 9.47 Å². The van der Waals surface area contributed by atoms with Gasteiger partial charge in [0, 0.05) is 19.2 Å². The number of hydrogen-bond acceptors (Lipinski definition) is 3. The molecule has 2 unspecified atom stereocenters. The van der Waals surface area contributed by atoms with Gasteiger partial charge in [-0.15, -0.1) is 0 Å². The lowest BCUT2D eigenvalue weighted by molar-refractivity contribution is 0.140. The van der Waals surface area contributed by atoms with Gasteiger partial charge in [-0.3, -0.25) is 0 Å². The molecule has 1 aromatic carbocycles. The highest BCUT2D eigenvalue weighted by atomic mass is 19.1. The second-order valence-electron chi connectivity index (χ2n) is 5.56. The summed E-state index contributed by atoms with van der Waals surface area (Å²) in [6.07, 6.45) is 0.841. The van der Waals surface area contributed by atoms with Crippen molar-refractivity contribution in [3.8, 4) is 5.75 Å². The molecule has 6 heteroatoms. The van der Waals surface area contributed by atoms with Gasteiger partial charge in [-0.05, 0) is 44.5 Å². The number of urea groups is 1. The van der Waals surface area contributed by atoms with Crippen LogP contribution in [0.3, 0.4) is 0 Å². The summed E-state index contributed by atoms with van der Waals surface area (Å²) in [6.45, 7) is 6.08. The lowest BCUT2D eigenvalue weighted by Gasteiger charge is -2.28. The molecule has 1 heterocycles. The molecular weight excluding hydrogens is 287 g/mol. The molecule has 2 amide bonds. The minimum absolute atomic E-state index is 0.104. The first-order valence-electron chi connectivity index (χ1n) is 7.59. The van der Waals surface area contributed by atoms with Gasteiger partial charge in [0.05, 0.1) is 12.6 Å². The summed E-state index contributed by atoms with van der Waals surface area (Å²) in [5, 5.41) is 2.92. The monoisotopic (exact) mass is 310 g/mol. The lowest BCUT2D eigenvalue weighted by Crippen LogP contribution is -2.49. The number of nitrogens with zero attached hydrogens (tertiary/aromatic N) is 1. The summed E-state index contributed by atoms with van der Waals surface area (Å²) in [6, 6.07) is 5.74. The van der Waals surface area contributed by atoms with Crippen LogP contribution in [0.5, 0.6) is 5.75 Å². The molecule has 5 nitrogen and oxygen atoms in total. The Kier molecular flexibility index (Phi) is 6.00. The van der Waals surface area contributed by atoms with E-state index in [0.717, 1.165) is 6.42 Å². The van der Waals surface area contributed by atoms with Crippen molar-refractivity contribution in [2.45, 2.75) is 32.4 Å². The predicted molar refractivity (Wildman–Crippen MR) is 81.5 cm³/mol. The van der Waals surface area contributed by atoms with Crippen molar-refractivity contribution in [1.82, 2.24) is 10.2 Å². The van der Waals surface area contributed by atoms with Crippen LogP contribution in [0.25, 0.3) is 0 Å². The van der Waals surface area contributed by atoms with E-state index in [1.807, 2.05) is 13.8 Å². The first-order valence-corrected chi connectivity index (χ1v) is 7.59. The quantitative estimate of drug-likeness (QED) is 0.929. The minimum Gasteiger partial charge on any atom is -0.491 e. The molecule has 1 aliphatic heterocycles. The van der Waals surface area contributed by atoms with Crippen LogP contribution in [0.2, 0.25) is 0 Å². The summed E-state index contributed by atoms with van der Waals surface area (Å²) < 4.78 is 23.7. The topological polar surface area (TPSA) is 50.8 Å². The lowest BCUT2D eigenvalue weighted by atomic mass is 10.2. The Bertz CT molecular complexity index is 481. The Hall–Kier alpha value is -1.82. The fourth-order valence-electron chi connectivity index (χ4n) is 2.28. The standard InChI is InChI=1S/C16H23FN2O3/c1-12(11-22-15-5-3-14(17)4-6-15)18-16(20)19-8-10-21-9-7-13(19)2/h3-6,12-13H,7-11H2,1-2H3,(H,18,20). The molecule has 0 spiro atoms. The zero-order chi connectivity index (χ0) is 15.9. The van der Waals surface area contributed by atoms with Crippen molar-refractivity contribution in [3.63, 3.8) is 0 Å². The maximum Gasteiger partial charge on any atom is 0.318 e. The number of amides is 2. The SMILES string of the molecule is CC(COc1ccc(F)cc1)NC(=O)N1CCOCCC1C. The van der Waals surface area contributed by atoms with Crippen molar-refractivity contribution in [1.29, 1.82) is 0 Å². The second kappa shape index (κ2) is 7.98. The minimum atomic E-state index is -0.300. The summed E-state index contributed by atoms with van der Waals surface area (Å²) in [5.74, 6) is 0.283. The molecule has 0 bridgehead atoms. The smallest absolute Gasteiger partial charge is 0.318 e. The van der Waals surface area contributed by atoms with Gasteiger partial charge in [0.25, 0.3) is 0 Å². The van der Waals surface area contributed by atoms with Crippen molar-refractivity contribution in [2.24, 2.45) is 0 Å². The highest BCUT2D eigenvalue weighted by Crippen LogP contribution is 2.12. The van der Waals surface area contributed by atoms with Crippen LogP contribution in [0.15, 0.2) is 24.3 Å². The van der Waals surface area contributed by atoms with E-state index in [1.165, 1.54) is 12.1 Å². The molecule has 0 saturated carbocycles. The number of halogens is 1. The van der Waals surface area contributed by atoms with E-state index in [2.05, 4.69) is 5.32 Å². The summed E-state index contributed by atoms with van der Waals surface area (Å²) in [5.41, 5.74) is 0.